The summed E-state index contributed by atoms with van der Waals surface area (Å²) < 4.78 is 0. The van der Waals surface area contributed by atoms with Gasteiger partial charge in [-0.05, 0) is 63.2 Å². The van der Waals surface area contributed by atoms with Crippen molar-refractivity contribution in [3.8, 4) is 0 Å². The van der Waals surface area contributed by atoms with Gasteiger partial charge in [0.15, 0.2) is 0 Å². The van der Waals surface area contributed by atoms with E-state index in [1.54, 1.807) is 12.1 Å². The van der Waals surface area contributed by atoms with Crippen LogP contribution in [0.1, 0.15) is 28.8 Å². The first-order valence-corrected chi connectivity index (χ1v) is 10.1. The number of primary amides is 1. The highest BCUT2D eigenvalue weighted by atomic mass is 16.2. The molecule has 0 saturated carbocycles. The molecule has 0 radical (unpaired) electrons. The number of nitrogens with one attached hydrogen (secondary N) is 1. The van der Waals surface area contributed by atoms with Crippen molar-refractivity contribution in [2.24, 2.45) is 5.73 Å². The zero-order valence-corrected chi connectivity index (χ0v) is 17.2. The SMILES string of the molecule is CN(C)[C@H](CNC(=O)[C@H]1CCCN1c1ccccc1)Cc1ccc(C(N)=O)cc1. The number of carbonyl (C=O) groups excluding carboxylic acids is 2. The first-order chi connectivity index (χ1) is 14.0. The zero-order chi connectivity index (χ0) is 20.8. The number of hydrogen-bond donors (Lipinski definition) is 2. The van der Waals surface area contributed by atoms with Crippen LogP contribution in [0.25, 0.3) is 0 Å². The average Bonchev–Trinajstić information content (AvgIpc) is 3.21. The Hall–Kier alpha value is -2.86. The highest BCUT2D eigenvalue weighted by molar-refractivity contribution is 5.92. The van der Waals surface area contributed by atoms with E-state index >= 15 is 0 Å². The monoisotopic (exact) mass is 394 g/mol. The number of hydrogen-bond acceptors (Lipinski definition) is 4. The predicted octanol–water partition coefficient (Wildman–Crippen LogP) is 2.04. The number of para-hydroxylation sites is 1. The van der Waals surface area contributed by atoms with E-state index < -0.39 is 5.91 Å². The van der Waals surface area contributed by atoms with Crippen molar-refractivity contribution in [2.75, 3.05) is 32.1 Å². The molecule has 29 heavy (non-hydrogen) atoms. The molecule has 1 heterocycles. The normalized spacial score (nSPS) is 17.3. The van der Waals surface area contributed by atoms with Crippen molar-refractivity contribution in [1.82, 2.24) is 10.2 Å². The number of benzene rings is 2. The molecule has 2 aromatic carbocycles. The van der Waals surface area contributed by atoms with E-state index in [-0.39, 0.29) is 18.0 Å². The largest absolute Gasteiger partial charge is 0.366 e. The van der Waals surface area contributed by atoms with Gasteiger partial charge in [0.25, 0.3) is 0 Å². The van der Waals surface area contributed by atoms with Gasteiger partial charge in [0.1, 0.15) is 6.04 Å². The van der Waals surface area contributed by atoms with Crippen molar-refractivity contribution in [3.63, 3.8) is 0 Å². The Morgan fingerprint density at radius 3 is 2.45 bits per heavy atom. The minimum absolute atomic E-state index is 0.0854. The topological polar surface area (TPSA) is 78.7 Å². The summed E-state index contributed by atoms with van der Waals surface area (Å²) in [6.07, 6.45) is 2.68. The molecule has 1 aliphatic rings. The van der Waals surface area contributed by atoms with Crippen LogP contribution in [0.2, 0.25) is 0 Å². The van der Waals surface area contributed by atoms with Gasteiger partial charge in [0.05, 0.1) is 0 Å². The summed E-state index contributed by atoms with van der Waals surface area (Å²) in [6, 6.07) is 17.5. The van der Waals surface area contributed by atoms with Crippen LogP contribution >= 0.6 is 0 Å². The molecule has 0 aliphatic carbocycles. The van der Waals surface area contributed by atoms with Gasteiger partial charge in [-0.15, -0.1) is 0 Å². The summed E-state index contributed by atoms with van der Waals surface area (Å²) in [5.74, 6) is -0.338. The highest BCUT2D eigenvalue weighted by Crippen LogP contribution is 2.25. The van der Waals surface area contributed by atoms with Crippen molar-refractivity contribution in [1.29, 1.82) is 0 Å². The highest BCUT2D eigenvalue weighted by Gasteiger charge is 2.31. The van der Waals surface area contributed by atoms with Gasteiger partial charge in [-0.25, -0.2) is 0 Å². The molecule has 1 aliphatic heterocycles. The number of nitrogens with two attached hydrogens (primary N) is 1. The van der Waals surface area contributed by atoms with Gasteiger partial charge < -0.3 is 20.9 Å². The molecule has 2 aromatic rings. The fourth-order valence-electron chi connectivity index (χ4n) is 3.82. The lowest BCUT2D eigenvalue weighted by molar-refractivity contribution is -0.122. The summed E-state index contributed by atoms with van der Waals surface area (Å²) >= 11 is 0. The third kappa shape index (κ3) is 5.35. The molecule has 0 bridgehead atoms. The second kappa shape index (κ2) is 9.56. The summed E-state index contributed by atoms with van der Waals surface area (Å²) in [5, 5.41) is 3.16. The summed E-state index contributed by atoms with van der Waals surface area (Å²) in [5.41, 5.74) is 8.02. The van der Waals surface area contributed by atoms with Crippen molar-refractivity contribution in [2.45, 2.75) is 31.3 Å². The van der Waals surface area contributed by atoms with E-state index in [1.165, 1.54) is 0 Å². The second-order valence-electron chi connectivity index (χ2n) is 7.81. The van der Waals surface area contributed by atoms with E-state index in [0.29, 0.717) is 12.1 Å². The van der Waals surface area contributed by atoms with Crippen molar-refractivity contribution in [3.05, 3.63) is 65.7 Å². The lowest BCUT2D eigenvalue weighted by Gasteiger charge is -2.28. The molecule has 154 valence electrons. The first-order valence-electron chi connectivity index (χ1n) is 10.1. The smallest absolute Gasteiger partial charge is 0.248 e. The number of amides is 2. The number of likely N-dealkylation sites (N-methyl/N-ethyl adjacent to an activating group) is 1. The summed E-state index contributed by atoms with van der Waals surface area (Å²) in [4.78, 5) is 28.5. The molecule has 1 saturated heterocycles. The Bertz CT molecular complexity index is 821. The molecule has 2 atom stereocenters. The third-order valence-electron chi connectivity index (χ3n) is 5.60. The van der Waals surface area contributed by atoms with Gasteiger partial charge in [0, 0.05) is 30.4 Å². The van der Waals surface area contributed by atoms with Crippen LogP contribution in [0.3, 0.4) is 0 Å². The lowest BCUT2D eigenvalue weighted by Crippen LogP contribution is -2.48. The Labute approximate surface area is 172 Å². The van der Waals surface area contributed by atoms with Gasteiger partial charge in [-0.1, -0.05) is 30.3 Å². The van der Waals surface area contributed by atoms with E-state index in [0.717, 1.165) is 37.1 Å². The predicted molar refractivity (Wildman–Crippen MR) is 116 cm³/mol. The van der Waals surface area contributed by atoms with Crippen LogP contribution < -0.4 is 16.0 Å². The molecule has 2 amide bonds. The minimum Gasteiger partial charge on any atom is -0.366 e. The molecule has 0 unspecified atom stereocenters. The quantitative estimate of drug-likeness (QED) is 0.718. The van der Waals surface area contributed by atoms with Crippen LogP contribution in [0.15, 0.2) is 54.6 Å². The van der Waals surface area contributed by atoms with Crippen LogP contribution in [-0.2, 0) is 11.2 Å². The first kappa shape index (κ1) is 20.9. The van der Waals surface area contributed by atoms with Crippen molar-refractivity contribution >= 4 is 17.5 Å². The van der Waals surface area contributed by atoms with Gasteiger partial charge in [-0.2, -0.15) is 0 Å². The molecular weight excluding hydrogens is 364 g/mol. The van der Waals surface area contributed by atoms with E-state index in [9.17, 15) is 9.59 Å². The van der Waals surface area contributed by atoms with Crippen LogP contribution in [-0.4, -0.2) is 56.0 Å². The van der Waals surface area contributed by atoms with E-state index in [1.807, 2.05) is 44.4 Å². The molecule has 0 spiro atoms. The fourth-order valence-corrected chi connectivity index (χ4v) is 3.82. The molecule has 3 rings (SSSR count). The van der Waals surface area contributed by atoms with Gasteiger partial charge >= 0.3 is 0 Å². The molecule has 6 heteroatoms. The number of carbonyl (C=O) groups is 2. The van der Waals surface area contributed by atoms with Gasteiger partial charge in [0.2, 0.25) is 11.8 Å². The van der Waals surface area contributed by atoms with Crippen LogP contribution in [0, 0.1) is 0 Å². The van der Waals surface area contributed by atoms with Crippen LogP contribution in [0.5, 0.6) is 0 Å². The van der Waals surface area contributed by atoms with Crippen molar-refractivity contribution < 1.29 is 9.59 Å². The lowest BCUT2D eigenvalue weighted by atomic mass is 10.0. The number of nitrogens with zero attached hydrogens (tertiary/aromatic N) is 2. The molecule has 1 fully saturated rings. The standard InChI is InChI=1S/C23H30N4O2/c1-26(2)20(15-17-10-12-18(13-11-17)22(24)28)16-25-23(29)21-9-6-14-27(21)19-7-4-3-5-8-19/h3-5,7-8,10-13,20-21H,6,9,14-16H2,1-2H3,(H2,24,28)(H,25,29)/t20-,21+/m0/s1. The number of anilines is 1. The third-order valence-corrected chi connectivity index (χ3v) is 5.60. The van der Waals surface area contributed by atoms with E-state index in [4.69, 9.17) is 5.73 Å². The molecule has 6 nitrogen and oxygen atoms in total. The maximum absolute atomic E-state index is 12.9. The summed E-state index contributed by atoms with van der Waals surface area (Å²) in [7, 11) is 4.03. The summed E-state index contributed by atoms with van der Waals surface area (Å²) in [6.45, 7) is 1.48. The Morgan fingerprint density at radius 2 is 1.83 bits per heavy atom. The maximum atomic E-state index is 12.9. The molecule has 0 aromatic heterocycles. The Kier molecular flexibility index (Phi) is 6.88. The van der Waals surface area contributed by atoms with Crippen LogP contribution in [0.4, 0.5) is 5.69 Å². The molecular formula is C23H30N4O2. The maximum Gasteiger partial charge on any atom is 0.248 e. The van der Waals surface area contributed by atoms with Gasteiger partial charge in [-0.3, -0.25) is 9.59 Å². The number of rotatable bonds is 8. The Balaban J connectivity index is 1.59. The zero-order valence-electron chi connectivity index (χ0n) is 17.2. The Morgan fingerprint density at radius 1 is 1.14 bits per heavy atom. The average molecular weight is 395 g/mol. The fraction of sp³-hybridized carbons (Fsp3) is 0.391. The van der Waals surface area contributed by atoms with E-state index in [2.05, 4.69) is 27.2 Å². The minimum atomic E-state index is -0.424. The second-order valence-corrected chi connectivity index (χ2v) is 7.81. The molecule has 3 N–H and O–H groups in total.